The second kappa shape index (κ2) is 8.65. The quantitative estimate of drug-likeness (QED) is 0.782. The van der Waals surface area contributed by atoms with Crippen LogP contribution in [0, 0.1) is 0 Å². The maximum Gasteiger partial charge on any atom is 0.253 e. The van der Waals surface area contributed by atoms with E-state index >= 15 is 0 Å². The van der Waals surface area contributed by atoms with Gasteiger partial charge in [0.25, 0.3) is 5.91 Å². The van der Waals surface area contributed by atoms with Crippen molar-refractivity contribution < 1.29 is 14.3 Å². The van der Waals surface area contributed by atoms with Gasteiger partial charge in [-0.05, 0) is 37.6 Å². The number of nitrogens with zero attached hydrogens (tertiary/aromatic N) is 2. The van der Waals surface area contributed by atoms with Gasteiger partial charge in [0.1, 0.15) is 0 Å². The number of ether oxygens (including phenoxy) is 1. The lowest BCUT2D eigenvalue weighted by atomic mass is 10.1. The van der Waals surface area contributed by atoms with Crippen molar-refractivity contribution in [2.75, 3.05) is 50.8 Å². The van der Waals surface area contributed by atoms with Crippen LogP contribution >= 0.6 is 11.6 Å². The molecule has 0 spiro atoms. The average Bonchev–Trinajstić information content (AvgIpc) is 3.05. The highest BCUT2D eigenvalue weighted by atomic mass is 35.5. The normalized spacial score (nSPS) is 18.6. The van der Waals surface area contributed by atoms with E-state index in [1.54, 1.807) is 23.1 Å². The Morgan fingerprint density at radius 2 is 2.04 bits per heavy atom. The van der Waals surface area contributed by atoms with Gasteiger partial charge in [-0.1, -0.05) is 11.6 Å². The minimum absolute atomic E-state index is 0.0450. The van der Waals surface area contributed by atoms with E-state index in [-0.39, 0.29) is 11.8 Å². The van der Waals surface area contributed by atoms with Gasteiger partial charge in [0.15, 0.2) is 0 Å². The van der Waals surface area contributed by atoms with Gasteiger partial charge in [-0.25, -0.2) is 0 Å². The average molecular weight is 366 g/mol. The molecule has 136 valence electrons. The van der Waals surface area contributed by atoms with Crippen LogP contribution in [0.1, 0.15) is 29.6 Å². The van der Waals surface area contributed by atoms with Crippen molar-refractivity contribution in [2.45, 2.75) is 19.3 Å². The summed E-state index contributed by atoms with van der Waals surface area (Å²) in [6.45, 7) is 5.65. The molecule has 2 aliphatic heterocycles. The van der Waals surface area contributed by atoms with E-state index in [1.165, 1.54) is 0 Å². The Kier molecular flexibility index (Phi) is 6.29. The molecule has 0 atom stereocenters. The van der Waals surface area contributed by atoms with E-state index in [0.29, 0.717) is 35.8 Å². The number of halogens is 1. The number of hydrogen-bond donors (Lipinski definition) is 1. The zero-order valence-electron chi connectivity index (χ0n) is 14.3. The SMILES string of the molecule is O=C(NCCCN1CCOCC1)c1ccc(Cl)cc1N1CCCC1=O. The number of anilines is 1. The fourth-order valence-electron chi connectivity index (χ4n) is 3.25. The van der Waals surface area contributed by atoms with E-state index in [9.17, 15) is 9.59 Å². The summed E-state index contributed by atoms with van der Waals surface area (Å²) in [5.74, 6) is -0.114. The first kappa shape index (κ1) is 18.2. The molecule has 0 radical (unpaired) electrons. The maximum absolute atomic E-state index is 12.6. The largest absolute Gasteiger partial charge is 0.379 e. The third-order valence-corrected chi connectivity index (χ3v) is 4.84. The third kappa shape index (κ3) is 4.71. The molecule has 2 aliphatic rings. The molecule has 0 aliphatic carbocycles. The van der Waals surface area contributed by atoms with Crippen molar-refractivity contribution in [3.63, 3.8) is 0 Å². The summed E-state index contributed by atoms with van der Waals surface area (Å²) in [5, 5.41) is 3.49. The minimum Gasteiger partial charge on any atom is -0.379 e. The van der Waals surface area contributed by atoms with E-state index in [1.807, 2.05) is 0 Å². The summed E-state index contributed by atoms with van der Waals surface area (Å²) in [6.07, 6.45) is 2.22. The molecule has 2 fully saturated rings. The molecule has 2 amide bonds. The topological polar surface area (TPSA) is 61.9 Å². The van der Waals surface area contributed by atoms with Crippen LogP contribution in [0.5, 0.6) is 0 Å². The third-order valence-electron chi connectivity index (χ3n) is 4.61. The van der Waals surface area contributed by atoms with Crippen LogP contribution in [0.25, 0.3) is 0 Å². The smallest absolute Gasteiger partial charge is 0.253 e. The van der Waals surface area contributed by atoms with Gasteiger partial charge in [-0.2, -0.15) is 0 Å². The Morgan fingerprint density at radius 1 is 1.24 bits per heavy atom. The highest BCUT2D eigenvalue weighted by Crippen LogP contribution is 2.28. The Hall–Kier alpha value is -1.63. The van der Waals surface area contributed by atoms with E-state index in [2.05, 4.69) is 10.2 Å². The Balaban J connectivity index is 1.57. The predicted molar refractivity (Wildman–Crippen MR) is 97.2 cm³/mol. The van der Waals surface area contributed by atoms with Crippen LogP contribution in [0.4, 0.5) is 5.69 Å². The molecular weight excluding hydrogens is 342 g/mol. The number of rotatable bonds is 6. The first-order valence-electron chi connectivity index (χ1n) is 8.83. The van der Waals surface area contributed by atoms with Crippen molar-refractivity contribution in [3.05, 3.63) is 28.8 Å². The second-order valence-corrected chi connectivity index (χ2v) is 6.81. The zero-order valence-corrected chi connectivity index (χ0v) is 15.1. The van der Waals surface area contributed by atoms with Crippen molar-refractivity contribution in [1.29, 1.82) is 0 Å². The number of nitrogens with one attached hydrogen (secondary N) is 1. The van der Waals surface area contributed by atoms with Crippen LogP contribution in [-0.4, -0.2) is 62.7 Å². The number of benzene rings is 1. The Morgan fingerprint density at radius 3 is 2.76 bits per heavy atom. The lowest BCUT2D eigenvalue weighted by molar-refractivity contribution is -0.117. The molecule has 3 rings (SSSR count). The molecule has 1 aromatic rings. The van der Waals surface area contributed by atoms with Crippen molar-refractivity contribution in [1.82, 2.24) is 10.2 Å². The van der Waals surface area contributed by atoms with Crippen LogP contribution < -0.4 is 10.2 Å². The van der Waals surface area contributed by atoms with Crippen LogP contribution in [0.3, 0.4) is 0 Å². The standard InChI is InChI=1S/C18H24ClN3O3/c19-14-4-5-15(16(13-14)22-8-1-3-17(22)23)18(24)20-6-2-7-21-9-11-25-12-10-21/h4-5,13H,1-3,6-12H2,(H,20,24). The van der Waals surface area contributed by atoms with Gasteiger partial charge in [0.05, 0.1) is 24.5 Å². The summed E-state index contributed by atoms with van der Waals surface area (Å²) >= 11 is 6.08. The molecule has 2 saturated heterocycles. The summed E-state index contributed by atoms with van der Waals surface area (Å²) in [4.78, 5) is 28.6. The fourth-order valence-corrected chi connectivity index (χ4v) is 3.41. The Labute approximate surface area is 153 Å². The molecule has 0 unspecified atom stereocenters. The number of carbonyl (C=O) groups excluding carboxylic acids is 2. The van der Waals surface area contributed by atoms with Gasteiger partial charge in [-0.3, -0.25) is 14.5 Å². The highest BCUT2D eigenvalue weighted by molar-refractivity contribution is 6.31. The molecule has 1 aromatic carbocycles. The Bertz CT molecular complexity index is 632. The van der Waals surface area contributed by atoms with Crippen LogP contribution in [-0.2, 0) is 9.53 Å². The first-order chi connectivity index (χ1) is 12.1. The molecule has 25 heavy (non-hydrogen) atoms. The molecule has 0 aromatic heterocycles. The van der Waals surface area contributed by atoms with Crippen molar-refractivity contribution >= 4 is 29.1 Å². The van der Waals surface area contributed by atoms with Crippen LogP contribution in [0.2, 0.25) is 5.02 Å². The molecule has 7 heteroatoms. The molecular formula is C18H24ClN3O3. The monoisotopic (exact) mass is 365 g/mol. The van der Waals surface area contributed by atoms with Gasteiger partial charge < -0.3 is 15.0 Å². The summed E-state index contributed by atoms with van der Waals surface area (Å²) in [7, 11) is 0. The minimum atomic E-state index is -0.159. The van der Waals surface area contributed by atoms with Gasteiger partial charge in [-0.15, -0.1) is 0 Å². The lowest BCUT2D eigenvalue weighted by Gasteiger charge is -2.26. The van der Waals surface area contributed by atoms with E-state index in [0.717, 1.165) is 45.7 Å². The van der Waals surface area contributed by atoms with Crippen molar-refractivity contribution in [2.24, 2.45) is 0 Å². The molecule has 2 heterocycles. The zero-order chi connectivity index (χ0) is 17.6. The van der Waals surface area contributed by atoms with Crippen LogP contribution in [0.15, 0.2) is 18.2 Å². The van der Waals surface area contributed by atoms with Gasteiger partial charge in [0.2, 0.25) is 5.91 Å². The molecule has 6 nitrogen and oxygen atoms in total. The molecule has 0 bridgehead atoms. The first-order valence-corrected chi connectivity index (χ1v) is 9.21. The van der Waals surface area contributed by atoms with E-state index < -0.39 is 0 Å². The lowest BCUT2D eigenvalue weighted by Crippen LogP contribution is -2.38. The maximum atomic E-state index is 12.6. The number of hydrogen-bond acceptors (Lipinski definition) is 4. The molecule has 1 N–H and O–H groups in total. The second-order valence-electron chi connectivity index (χ2n) is 6.37. The van der Waals surface area contributed by atoms with Crippen molar-refractivity contribution in [3.8, 4) is 0 Å². The highest BCUT2D eigenvalue weighted by Gasteiger charge is 2.26. The van der Waals surface area contributed by atoms with Gasteiger partial charge >= 0.3 is 0 Å². The molecule has 0 saturated carbocycles. The fraction of sp³-hybridized carbons (Fsp3) is 0.556. The van der Waals surface area contributed by atoms with Gasteiger partial charge in [0, 0.05) is 37.6 Å². The number of carbonyl (C=O) groups is 2. The number of morpholine rings is 1. The predicted octanol–water partition coefficient (Wildman–Crippen LogP) is 1.92. The summed E-state index contributed by atoms with van der Waals surface area (Å²) in [5.41, 5.74) is 1.12. The van der Waals surface area contributed by atoms with E-state index in [4.69, 9.17) is 16.3 Å². The number of amides is 2. The summed E-state index contributed by atoms with van der Waals surface area (Å²) < 4.78 is 5.33. The summed E-state index contributed by atoms with van der Waals surface area (Å²) in [6, 6.07) is 5.09.